The number of hydrogen-bond acceptors (Lipinski definition) is 2. The van der Waals surface area contributed by atoms with Gasteiger partial charge in [0, 0.05) is 12.6 Å². The van der Waals surface area contributed by atoms with Gasteiger partial charge in [-0.3, -0.25) is 4.68 Å². The van der Waals surface area contributed by atoms with Crippen molar-refractivity contribution < 1.29 is 0 Å². The largest absolute Gasteiger partial charge is 0.317 e. The van der Waals surface area contributed by atoms with E-state index < -0.39 is 0 Å². The molecule has 0 aliphatic heterocycles. The lowest BCUT2D eigenvalue weighted by Gasteiger charge is -2.12. The third kappa shape index (κ3) is 2.74. The molecule has 0 radical (unpaired) electrons. The summed E-state index contributed by atoms with van der Waals surface area (Å²) in [5, 5.41) is 7.96. The molecule has 2 rings (SSSR count). The van der Waals surface area contributed by atoms with Crippen LogP contribution in [0.4, 0.5) is 0 Å². The number of hydrogen-bond donors (Lipinski definition) is 1. The smallest absolute Gasteiger partial charge is 0.0738 e. The normalized spacial score (nSPS) is 24.5. The van der Waals surface area contributed by atoms with Crippen LogP contribution in [0.3, 0.4) is 0 Å². The highest BCUT2D eigenvalue weighted by Crippen LogP contribution is 2.31. The van der Waals surface area contributed by atoms with Gasteiger partial charge in [0.2, 0.25) is 0 Å². The fraction of sp³-hybridized carbons (Fsp3) is 0.769. The van der Waals surface area contributed by atoms with Crippen LogP contribution < -0.4 is 5.32 Å². The van der Waals surface area contributed by atoms with Crippen LogP contribution >= 0.6 is 15.9 Å². The van der Waals surface area contributed by atoms with E-state index >= 15 is 0 Å². The van der Waals surface area contributed by atoms with Gasteiger partial charge in [0.05, 0.1) is 15.9 Å². The quantitative estimate of drug-likeness (QED) is 0.926. The van der Waals surface area contributed by atoms with Gasteiger partial charge in [-0.25, -0.2) is 0 Å². The summed E-state index contributed by atoms with van der Waals surface area (Å²) in [7, 11) is 2.07. The molecule has 2 unspecified atom stereocenters. The fourth-order valence-corrected chi connectivity index (χ4v) is 3.31. The average Bonchev–Trinajstić information content (AvgIpc) is 2.89. The van der Waals surface area contributed by atoms with Crippen LogP contribution in [0.15, 0.2) is 4.47 Å². The molecule has 1 aromatic heterocycles. The van der Waals surface area contributed by atoms with Crippen LogP contribution in [0.2, 0.25) is 0 Å². The lowest BCUT2D eigenvalue weighted by molar-refractivity contribution is 0.485. The summed E-state index contributed by atoms with van der Waals surface area (Å²) in [6, 6.07) is 0.720. The van der Waals surface area contributed by atoms with Gasteiger partial charge < -0.3 is 5.32 Å². The van der Waals surface area contributed by atoms with E-state index in [1.165, 1.54) is 29.4 Å². The van der Waals surface area contributed by atoms with Crippen molar-refractivity contribution in [2.75, 3.05) is 7.05 Å². The highest BCUT2D eigenvalue weighted by molar-refractivity contribution is 9.10. The molecule has 1 aliphatic carbocycles. The first kappa shape index (κ1) is 13.1. The second-order valence-electron chi connectivity index (χ2n) is 5.03. The molecule has 96 valence electrons. The molecular weight excluding hydrogens is 278 g/mol. The summed E-state index contributed by atoms with van der Waals surface area (Å²) in [4.78, 5) is 0. The number of aromatic nitrogens is 2. The highest BCUT2D eigenvalue weighted by atomic mass is 79.9. The van der Waals surface area contributed by atoms with E-state index in [4.69, 9.17) is 0 Å². The molecule has 0 bridgehead atoms. The highest BCUT2D eigenvalue weighted by Gasteiger charge is 2.25. The fourth-order valence-electron chi connectivity index (χ4n) is 2.86. The van der Waals surface area contributed by atoms with Gasteiger partial charge in [0.25, 0.3) is 0 Å². The first-order chi connectivity index (χ1) is 8.15. The summed E-state index contributed by atoms with van der Waals surface area (Å²) in [5.74, 6) is 0.810. The summed E-state index contributed by atoms with van der Waals surface area (Å²) in [6.45, 7) is 5.20. The first-order valence-electron chi connectivity index (χ1n) is 6.54. The Labute approximate surface area is 112 Å². The molecule has 4 heteroatoms. The summed E-state index contributed by atoms with van der Waals surface area (Å²) >= 11 is 3.68. The monoisotopic (exact) mass is 299 g/mol. The predicted octanol–water partition coefficient (Wildman–Crippen LogP) is 2.90. The second-order valence-corrected chi connectivity index (χ2v) is 5.82. The van der Waals surface area contributed by atoms with Gasteiger partial charge in [-0.15, -0.1) is 0 Å². The SMILES string of the molecule is CCn1nc(C)c(Br)c1CC1CCC(NC)C1. The van der Waals surface area contributed by atoms with Gasteiger partial charge in [0.1, 0.15) is 0 Å². The Balaban J connectivity index is 2.08. The molecule has 1 fully saturated rings. The van der Waals surface area contributed by atoms with E-state index in [2.05, 4.69) is 51.9 Å². The molecule has 17 heavy (non-hydrogen) atoms. The first-order valence-corrected chi connectivity index (χ1v) is 7.34. The lowest BCUT2D eigenvalue weighted by Crippen LogP contribution is -2.21. The van der Waals surface area contributed by atoms with E-state index in [1.807, 2.05) is 0 Å². The molecule has 1 saturated carbocycles. The minimum absolute atomic E-state index is 0.720. The molecule has 1 aliphatic rings. The molecule has 1 aromatic rings. The van der Waals surface area contributed by atoms with Crippen molar-refractivity contribution in [3.8, 4) is 0 Å². The third-order valence-corrected chi connectivity index (χ3v) is 4.92. The van der Waals surface area contributed by atoms with Crippen LogP contribution in [0.1, 0.15) is 37.6 Å². The van der Waals surface area contributed by atoms with Crippen LogP contribution in [-0.2, 0) is 13.0 Å². The molecule has 1 heterocycles. The zero-order valence-corrected chi connectivity index (χ0v) is 12.5. The maximum absolute atomic E-state index is 4.56. The van der Waals surface area contributed by atoms with Crippen molar-refractivity contribution in [2.24, 2.45) is 5.92 Å². The molecule has 0 amide bonds. The second kappa shape index (κ2) is 5.53. The van der Waals surface area contributed by atoms with Crippen molar-refractivity contribution in [1.82, 2.24) is 15.1 Å². The van der Waals surface area contributed by atoms with Crippen LogP contribution in [0.5, 0.6) is 0 Å². The van der Waals surface area contributed by atoms with Gasteiger partial charge in [-0.1, -0.05) is 0 Å². The van der Waals surface area contributed by atoms with Crippen LogP contribution in [-0.4, -0.2) is 22.9 Å². The van der Waals surface area contributed by atoms with Crippen molar-refractivity contribution in [3.63, 3.8) is 0 Å². The topological polar surface area (TPSA) is 29.9 Å². The lowest BCUT2D eigenvalue weighted by atomic mass is 10.0. The van der Waals surface area contributed by atoms with Gasteiger partial charge in [0.15, 0.2) is 0 Å². The third-order valence-electron chi connectivity index (χ3n) is 3.88. The summed E-state index contributed by atoms with van der Waals surface area (Å²) in [6.07, 6.45) is 5.12. The molecular formula is C13H22BrN3. The van der Waals surface area contributed by atoms with E-state index in [1.54, 1.807) is 0 Å². The molecule has 0 saturated heterocycles. The summed E-state index contributed by atoms with van der Waals surface area (Å²) in [5.41, 5.74) is 2.50. The van der Waals surface area contributed by atoms with E-state index in [0.29, 0.717) is 0 Å². The van der Waals surface area contributed by atoms with Gasteiger partial charge in [-0.2, -0.15) is 5.10 Å². The zero-order valence-electron chi connectivity index (χ0n) is 11.0. The maximum Gasteiger partial charge on any atom is 0.0738 e. The maximum atomic E-state index is 4.56. The number of nitrogens with one attached hydrogen (secondary N) is 1. The Morgan fingerprint density at radius 3 is 2.82 bits per heavy atom. The Hall–Kier alpha value is -0.350. The van der Waals surface area contributed by atoms with Crippen LogP contribution in [0, 0.1) is 12.8 Å². The van der Waals surface area contributed by atoms with E-state index in [-0.39, 0.29) is 0 Å². The number of halogens is 1. The Morgan fingerprint density at radius 1 is 1.47 bits per heavy atom. The van der Waals surface area contributed by atoms with E-state index in [0.717, 1.165) is 30.6 Å². The van der Waals surface area contributed by atoms with Crippen LogP contribution in [0.25, 0.3) is 0 Å². The average molecular weight is 300 g/mol. The molecule has 2 atom stereocenters. The minimum Gasteiger partial charge on any atom is -0.317 e. The molecule has 3 nitrogen and oxygen atoms in total. The predicted molar refractivity (Wildman–Crippen MR) is 74.2 cm³/mol. The number of nitrogens with zero attached hydrogens (tertiary/aromatic N) is 2. The Morgan fingerprint density at radius 2 is 2.24 bits per heavy atom. The van der Waals surface area contributed by atoms with Gasteiger partial charge in [-0.05, 0) is 68.4 Å². The number of rotatable bonds is 4. The zero-order chi connectivity index (χ0) is 12.4. The Bertz CT molecular complexity index is 386. The van der Waals surface area contributed by atoms with E-state index in [9.17, 15) is 0 Å². The minimum atomic E-state index is 0.720. The number of aryl methyl sites for hydroxylation is 2. The summed E-state index contributed by atoms with van der Waals surface area (Å²) < 4.78 is 3.36. The Kier molecular flexibility index (Phi) is 4.26. The van der Waals surface area contributed by atoms with Crippen molar-refractivity contribution in [3.05, 3.63) is 15.9 Å². The molecule has 0 aromatic carbocycles. The molecule has 1 N–H and O–H groups in total. The van der Waals surface area contributed by atoms with Crippen molar-refractivity contribution in [2.45, 2.75) is 52.1 Å². The van der Waals surface area contributed by atoms with Gasteiger partial charge >= 0.3 is 0 Å². The molecule has 0 spiro atoms. The van der Waals surface area contributed by atoms with Crippen molar-refractivity contribution >= 4 is 15.9 Å². The standard InChI is InChI=1S/C13H22BrN3/c1-4-17-12(13(14)9(2)16-17)8-10-5-6-11(7-10)15-3/h10-11,15H,4-8H2,1-3H3. The van der Waals surface area contributed by atoms with Crippen molar-refractivity contribution in [1.29, 1.82) is 0 Å².